The van der Waals surface area contributed by atoms with Gasteiger partial charge in [0.1, 0.15) is 5.82 Å². The Morgan fingerprint density at radius 1 is 0.875 bits per heavy atom. The van der Waals surface area contributed by atoms with Gasteiger partial charge in [-0.25, -0.2) is 4.98 Å². The molecule has 4 rings (SSSR count). The molecule has 2 saturated heterocycles. The van der Waals surface area contributed by atoms with Gasteiger partial charge in [-0.15, -0.1) is 0 Å². The van der Waals surface area contributed by atoms with E-state index < -0.39 is 0 Å². The van der Waals surface area contributed by atoms with Crippen LogP contribution in [0.1, 0.15) is 45.4 Å². The van der Waals surface area contributed by atoms with E-state index in [1.165, 1.54) is 43.9 Å². The van der Waals surface area contributed by atoms with E-state index in [0.717, 1.165) is 49.4 Å². The van der Waals surface area contributed by atoms with E-state index in [1.807, 2.05) is 0 Å². The Kier molecular flexibility index (Phi) is 4.54. The SMILES string of the molecule is C[C@H]1CCCN(c2nc(N3CCCCCC3)c3ccccc3n2)C1. The van der Waals surface area contributed by atoms with E-state index in [4.69, 9.17) is 9.97 Å². The first-order valence-corrected chi connectivity index (χ1v) is 9.58. The molecule has 0 bridgehead atoms. The summed E-state index contributed by atoms with van der Waals surface area (Å²) in [5, 5.41) is 1.20. The van der Waals surface area contributed by atoms with Gasteiger partial charge in [-0.2, -0.15) is 4.98 Å². The number of piperidine rings is 1. The maximum atomic E-state index is 5.07. The first-order chi connectivity index (χ1) is 11.8. The molecule has 1 aromatic heterocycles. The number of hydrogen-bond donors (Lipinski definition) is 0. The Morgan fingerprint density at radius 2 is 1.62 bits per heavy atom. The lowest BCUT2D eigenvalue weighted by molar-refractivity contribution is 0.442. The largest absolute Gasteiger partial charge is 0.356 e. The fraction of sp³-hybridized carbons (Fsp3) is 0.600. The highest BCUT2D eigenvalue weighted by molar-refractivity contribution is 5.90. The molecule has 2 fully saturated rings. The number of nitrogens with zero attached hydrogens (tertiary/aromatic N) is 4. The van der Waals surface area contributed by atoms with Crippen molar-refractivity contribution in [2.45, 2.75) is 45.4 Å². The van der Waals surface area contributed by atoms with Gasteiger partial charge in [-0.1, -0.05) is 31.9 Å². The minimum atomic E-state index is 0.732. The molecule has 0 radical (unpaired) electrons. The van der Waals surface area contributed by atoms with E-state index in [2.05, 4.69) is 41.0 Å². The highest BCUT2D eigenvalue weighted by atomic mass is 15.3. The van der Waals surface area contributed by atoms with Crippen molar-refractivity contribution in [3.8, 4) is 0 Å². The summed E-state index contributed by atoms with van der Waals surface area (Å²) in [5.74, 6) is 2.81. The van der Waals surface area contributed by atoms with Gasteiger partial charge < -0.3 is 9.80 Å². The molecule has 0 unspecified atom stereocenters. The van der Waals surface area contributed by atoms with Crippen LogP contribution >= 0.6 is 0 Å². The molecule has 2 aliphatic heterocycles. The lowest BCUT2D eigenvalue weighted by Crippen LogP contribution is -2.36. The molecule has 128 valence electrons. The van der Waals surface area contributed by atoms with Crippen LogP contribution in [-0.2, 0) is 0 Å². The Balaban J connectivity index is 1.75. The van der Waals surface area contributed by atoms with Crippen molar-refractivity contribution in [1.82, 2.24) is 9.97 Å². The van der Waals surface area contributed by atoms with Crippen LogP contribution in [-0.4, -0.2) is 36.1 Å². The van der Waals surface area contributed by atoms with E-state index in [9.17, 15) is 0 Å². The van der Waals surface area contributed by atoms with Gasteiger partial charge in [-0.3, -0.25) is 0 Å². The predicted molar refractivity (Wildman–Crippen MR) is 101 cm³/mol. The summed E-state index contributed by atoms with van der Waals surface area (Å²) in [6.45, 7) is 6.75. The molecule has 24 heavy (non-hydrogen) atoms. The van der Waals surface area contributed by atoms with Gasteiger partial charge in [0.15, 0.2) is 0 Å². The number of fused-ring (bicyclic) bond motifs is 1. The Hall–Kier alpha value is -1.84. The van der Waals surface area contributed by atoms with E-state index in [0.29, 0.717) is 0 Å². The third-order valence-electron chi connectivity index (χ3n) is 5.42. The van der Waals surface area contributed by atoms with Crippen molar-refractivity contribution < 1.29 is 0 Å². The number of aromatic nitrogens is 2. The van der Waals surface area contributed by atoms with Crippen molar-refractivity contribution in [1.29, 1.82) is 0 Å². The molecule has 0 spiro atoms. The monoisotopic (exact) mass is 324 g/mol. The first kappa shape index (κ1) is 15.7. The van der Waals surface area contributed by atoms with Crippen LogP contribution < -0.4 is 9.80 Å². The number of rotatable bonds is 2. The Morgan fingerprint density at radius 3 is 2.42 bits per heavy atom. The fourth-order valence-corrected chi connectivity index (χ4v) is 4.08. The molecule has 2 aliphatic rings. The summed E-state index contributed by atoms with van der Waals surface area (Å²) in [6, 6.07) is 8.51. The highest BCUT2D eigenvalue weighted by Crippen LogP contribution is 2.29. The van der Waals surface area contributed by atoms with Crippen LogP contribution in [0.2, 0.25) is 0 Å². The topological polar surface area (TPSA) is 32.3 Å². The van der Waals surface area contributed by atoms with Crippen molar-refractivity contribution in [2.75, 3.05) is 36.0 Å². The third kappa shape index (κ3) is 3.19. The zero-order valence-corrected chi connectivity index (χ0v) is 14.7. The summed E-state index contributed by atoms with van der Waals surface area (Å²) >= 11 is 0. The van der Waals surface area contributed by atoms with Crippen LogP contribution in [0.5, 0.6) is 0 Å². The highest BCUT2D eigenvalue weighted by Gasteiger charge is 2.22. The predicted octanol–water partition coefficient (Wildman–Crippen LogP) is 4.25. The van der Waals surface area contributed by atoms with Gasteiger partial charge >= 0.3 is 0 Å². The second kappa shape index (κ2) is 6.96. The molecule has 0 aliphatic carbocycles. The molecule has 1 atom stereocenters. The minimum absolute atomic E-state index is 0.732. The van der Waals surface area contributed by atoms with Crippen molar-refractivity contribution in [3.63, 3.8) is 0 Å². The average molecular weight is 324 g/mol. The third-order valence-corrected chi connectivity index (χ3v) is 5.42. The number of anilines is 2. The molecule has 4 nitrogen and oxygen atoms in total. The van der Waals surface area contributed by atoms with Gasteiger partial charge in [0.2, 0.25) is 5.95 Å². The molecular weight excluding hydrogens is 296 g/mol. The van der Waals surface area contributed by atoms with Crippen LogP contribution in [0.25, 0.3) is 10.9 Å². The van der Waals surface area contributed by atoms with E-state index in [1.54, 1.807) is 0 Å². The van der Waals surface area contributed by atoms with Gasteiger partial charge in [0.25, 0.3) is 0 Å². The standard InChI is InChI=1S/C20H28N4/c1-16-9-8-14-24(15-16)20-21-18-11-5-4-10-17(18)19(22-20)23-12-6-2-3-7-13-23/h4-5,10-11,16H,2-3,6-9,12-15H2,1H3/t16-/m0/s1. The van der Waals surface area contributed by atoms with E-state index >= 15 is 0 Å². The van der Waals surface area contributed by atoms with Crippen LogP contribution in [0.4, 0.5) is 11.8 Å². The van der Waals surface area contributed by atoms with E-state index in [-0.39, 0.29) is 0 Å². The Labute approximate surface area is 144 Å². The quantitative estimate of drug-likeness (QED) is 0.827. The summed E-state index contributed by atoms with van der Waals surface area (Å²) in [7, 11) is 0. The second-order valence-electron chi connectivity index (χ2n) is 7.46. The summed E-state index contributed by atoms with van der Waals surface area (Å²) in [6.07, 6.45) is 7.80. The smallest absolute Gasteiger partial charge is 0.227 e. The maximum Gasteiger partial charge on any atom is 0.227 e. The van der Waals surface area contributed by atoms with Crippen molar-refractivity contribution in [2.24, 2.45) is 5.92 Å². The van der Waals surface area contributed by atoms with Crippen molar-refractivity contribution >= 4 is 22.7 Å². The lowest BCUT2D eigenvalue weighted by atomic mass is 10.0. The number of hydrogen-bond acceptors (Lipinski definition) is 4. The summed E-state index contributed by atoms with van der Waals surface area (Å²) in [5.41, 5.74) is 1.08. The molecule has 1 aromatic carbocycles. The molecule has 2 aromatic rings. The zero-order valence-electron chi connectivity index (χ0n) is 14.7. The summed E-state index contributed by atoms with van der Waals surface area (Å²) < 4.78 is 0. The molecular formula is C20H28N4. The lowest BCUT2D eigenvalue weighted by Gasteiger charge is -2.32. The molecule has 0 saturated carbocycles. The van der Waals surface area contributed by atoms with Gasteiger partial charge in [-0.05, 0) is 43.7 Å². The van der Waals surface area contributed by atoms with Gasteiger partial charge in [0, 0.05) is 31.6 Å². The van der Waals surface area contributed by atoms with Gasteiger partial charge in [0.05, 0.1) is 5.52 Å². The summed E-state index contributed by atoms with van der Waals surface area (Å²) in [4.78, 5) is 14.9. The maximum absolute atomic E-state index is 5.07. The number of para-hydroxylation sites is 1. The zero-order chi connectivity index (χ0) is 16.4. The van der Waals surface area contributed by atoms with Crippen LogP contribution in [0, 0.1) is 5.92 Å². The number of benzene rings is 1. The van der Waals surface area contributed by atoms with Crippen LogP contribution in [0.15, 0.2) is 24.3 Å². The van der Waals surface area contributed by atoms with Crippen LogP contribution in [0.3, 0.4) is 0 Å². The molecule has 4 heteroatoms. The average Bonchev–Trinajstić information content (AvgIpc) is 2.90. The molecule has 0 N–H and O–H groups in total. The normalized spacial score (nSPS) is 22.6. The van der Waals surface area contributed by atoms with Crippen molar-refractivity contribution in [3.05, 3.63) is 24.3 Å². The Bertz CT molecular complexity index is 691. The molecule has 3 heterocycles. The fourth-order valence-electron chi connectivity index (χ4n) is 4.08. The first-order valence-electron chi connectivity index (χ1n) is 9.58. The second-order valence-corrected chi connectivity index (χ2v) is 7.46. The minimum Gasteiger partial charge on any atom is -0.356 e. The molecule has 0 amide bonds.